The lowest BCUT2D eigenvalue weighted by molar-refractivity contribution is -0.118. The van der Waals surface area contributed by atoms with Crippen LogP contribution in [0.1, 0.15) is 41.6 Å². The summed E-state index contributed by atoms with van der Waals surface area (Å²) >= 11 is 0. The second kappa shape index (κ2) is 9.03. The summed E-state index contributed by atoms with van der Waals surface area (Å²) in [7, 11) is 0. The number of anilines is 1. The van der Waals surface area contributed by atoms with Gasteiger partial charge in [-0.15, -0.1) is 0 Å². The number of carbonyl (C=O) groups is 2. The molecule has 4 N–H and O–H groups in total. The number of nitrogen functional groups attached to an aromatic ring is 1. The molecule has 27 heavy (non-hydrogen) atoms. The van der Waals surface area contributed by atoms with Gasteiger partial charge in [-0.2, -0.15) is 0 Å². The minimum atomic E-state index is -0.0614. The molecule has 0 unspecified atom stereocenters. The summed E-state index contributed by atoms with van der Waals surface area (Å²) in [4.78, 5) is 27.4. The van der Waals surface area contributed by atoms with E-state index in [1.165, 1.54) is 0 Å². The van der Waals surface area contributed by atoms with Gasteiger partial charge in [0.2, 0.25) is 0 Å². The summed E-state index contributed by atoms with van der Waals surface area (Å²) in [6.45, 7) is 0.615. The first kappa shape index (κ1) is 18.7. The molecule has 3 rings (SSSR count). The number of benzene rings is 2. The maximum Gasteiger partial charge on any atom is 0.251 e. The lowest BCUT2D eigenvalue weighted by atomic mass is 10.0. The van der Waals surface area contributed by atoms with Crippen LogP contribution in [-0.4, -0.2) is 23.2 Å². The maximum absolute atomic E-state index is 12.2. The number of fused-ring (bicyclic) bond motifs is 1. The molecule has 0 aliphatic rings. The first-order valence-electron chi connectivity index (χ1n) is 9.34. The fourth-order valence-electron chi connectivity index (χ4n) is 3.12. The maximum atomic E-state index is 12.2. The number of nitrogens with one attached hydrogen (secondary N) is 2. The number of aromatic amines is 1. The smallest absolute Gasteiger partial charge is 0.251 e. The zero-order valence-electron chi connectivity index (χ0n) is 15.3. The highest BCUT2D eigenvalue weighted by molar-refractivity contribution is 5.98. The van der Waals surface area contributed by atoms with Crippen molar-refractivity contribution in [2.75, 3.05) is 12.3 Å². The zero-order chi connectivity index (χ0) is 19.1. The number of ketones is 1. The zero-order valence-corrected chi connectivity index (χ0v) is 15.3. The summed E-state index contributed by atoms with van der Waals surface area (Å²) in [5.41, 5.74) is 9.13. The van der Waals surface area contributed by atoms with Crippen LogP contribution in [0.5, 0.6) is 0 Å². The van der Waals surface area contributed by atoms with Gasteiger partial charge in [-0.1, -0.05) is 24.6 Å². The Labute approximate surface area is 159 Å². The normalized spacial score (nSPS) is 10.8. The lowest BCUT2D eigenvalue weighted by Crippen LogP contribution is -2.24. The highest BCUT2D eigenvalue weighted by atomic mass is 16.1. The quantitative estimate of drug-likeness (QED) is 0.398. The van der Waals surface area contributed by atoms with Crippen molar-refractivity contribution in [1.82, 2.24) is 10.3 Å². The first-order chi connectivity index (χ1) is 13.1. The van der Waals surface area contributed by atoms with Gasteiger partial charge in [0.05, 0.1) is 0 Å². The molecule has 0 spiro atoms. The van der Waals surface area contributed by atoms with Crippen LogP contribution < -0.4 is 11.1 Å². The number of rotatable bonds is 9. The molecule has 3 aromatic rings. The third kappa shape index (κ3) is 5.20. The second-order valence-electron chi connectivity index (χ2n) is 6.76. The number of para-hydroxylation sites is 1. The van der Waals surface area contributed by atoms with E-state index < -0.39 is 0 Å². The van der Waals surface area contributed by atoms with Crippen LogP contribution in [0, 0.1) is 0 Å². The molecule has 1 heterocycles. The molecule has 2 aromatic carbocycles. The largest absolute Gasteiger partial charge is 0.398 e. The Hall–Kier alpha value is -3.08. The van der Waals surface area contributed by atoms with Crippen molar-refractivity contribution in [1.29, 1.82) is 0 Å². The fraction of sp³-hybridized carbons (Fsp3) is 0.273. The van der Waals surface area contributed by atoms with E-state index in [1.54, 1.807) is 0 Å². The minimum absolute atomic E-state index is 0.0614. The Bertz CT molecular complexity index is 930. The Morgan fingerprint density at radius 1 is 1.00 bits per heavy atom. The number of aromatic nitrogens is 1. The van der Waals surface area contributed by atoms with Crippen molar-refractivity contribution in [2.24, 2.45) is 0 Å². The first-order valence-corrected chi connectivity index (χ1v) is 9.34. The SMILES string of the molecule is Nc1ccccc1CC(=O)CCCCCNC(=O)c1ccc2[nH]ccc2c1. The lowest BCUT2D eigenvalue weighted by Gasteiger charge is -2.06. The molecule has 5 nitrogen and oxygen atoms in total. The third-order valence-corrected chi connectivity index (χ3v) is 4.68. The number of hydrogen-bond acceptors (Lipinski definition) is 3. The standard InChI is InChI=1S/C22H25N3O2/c23-20-8-4-3-6-16(20)15-19(26)7-2-1-5-12-25-22(27)18-9-10-21-17(14-18)11-13-24-21/h3-4,6,8-11,13-14,24H,1-2,5,7,12,15,23H2,(H,25,27). The summed E-state index contributed by atoms with van der Waals surface area (Å²) in [6.07, 6.45) is 5.40. The van der Waals surface area contributed by atoms with Crippen LogP contribution in [0.25, 0.3) is 10.9 Å². The van der Waals surface area contributed by atoms with Crippen LogP contribution in [0.4, 0.5) is 5.69 Å². The molecule has 0 saturated heterocycles. The number of Topliss-reactive ketones (excluding diaryl/α,β-unsaturated/α-hetero) is 1. The Morgan fingerprint density at radius 3 is 2.70 bits per heavy atom. The van der Waals surface area contributed by atoms with Crippen LogP contribution in [-0.2, 0) is 11.2 Å². The van der Waals surface area contributed by atoms with Crippen LogP contribution in [0.3, 0.4) is 0 Å². The van der Waals surface area contributed by atoms with Crippen molar-refractivity contribution in [3.63, 3.8) is 0 Å². The fourth-order valence-corrected chi connectivity index (χ4v) is 3.12. The van der Waals surface area contributed by atoms with Crippen LogP contribution in [0.2, 0.25) is 0 Å². The highest BCUT2D eigenvalue weighted by Crippen LogP contribution is 2.15. The number of H-pyrrole nitrogens is 1. The molecule has 5 heteroatoms. The van der Waals surface area contributed by atoms with Crippen molar-refractivity contribution in [3.8, 4) is 0 Å². The van der Waals surface area contributed by atoms with Gasteiger partial charge in [-0.25, -0.2) is 0 Å². The summed E-state index contributed by atoms with van der Waals surface area (Å²) in [5, 5.41) is 3.97. The third-order valence-electron chi connectivity index (χ3n) is 4.68. The molecule has 140 valence electrons. The monoisotopic (exact) mass is 363 g/mol. The molecule has 0 radical (unpaired) electrons. The summed E-state index contributed by atoms with van der Waals surface area (Å²) < 4.78 is 0. The number of unbranched alkanes of at least 4 members (excludes halogenated alkanes) is 2. The number of carbonyl (C=O) groups excluding carboxylic acids is 2. The number of hydrogen-bond donors (Lipinski definition) is 3. The topological polar surface area (TPSA) is 88.0 Å². The summed E-state index contributed by atoms with van der Waals surface area (Å²) in [5.74, 6) is 0.144. The highest BCUT2D eigenvalue weighted by Gasteiger charge is 2.08. The second-order valence-corrected chi connectivity index (χ2v) is 6.76. The van der Waals surface area contributed by atoms with Crippen molar-refractivity contribution in [3.05, 3.63) is 65.9 Å². The van der Waals surface area contributed by atoms with E-state index in [1.807, 2.05) is 54.7 Å². The van der Waals surface area contributed by atoms with E-state index >= 15 is 0 Å². The molecular formula is C22H25N3O2. The van der Waals surface area contributed by atoms with Crippen molar-refractivity contribution >= 4 is 28.3 Å². The predicted molar refractivity (Wildman–Crippen MR) is 109 cm³/mol. The average Bonchev–Trinajstić information content (AvgIpc) is 3.14. The minimum Gasteiger partial charge on any atom is -0.398 e. The van der Waals surface area contributed by atoms with E-state index in [0.717, 1.165) is 35.7 Å². The molecule has 1 aromatic heterocycles. The van der Waals surface area contributed by atoms with Gasteiger partial charge in [0.15, 0.2) is 0 Å². The molecule has 1 amide bonds. The molecule has 0 aliphatic heterocycles. The Morgan fingerprint density at radius 2 is 1.85 bits per heavy atom. The van der Waals surface area contributed by atoms with Crippen LogP contribution >= 0.6 is 0 Å². The molecule has 0 fully saturated rings. The van der Waals surface area contributed by atoms with Gasteiger partial charge in [0.1, 0.15) is 5.78 Å². The van der Waals surface area contributed by atoms with Crippen molar-refractivity contribution in [2.45, 2.75) is 32.1 Å². The molecular weight excluding hydrogens is 338 g/mol. The average molecular weight is 363 g/mol. The van der Waals surface area contributed by atoms with E-state index in [-0.39, 0.29) is 11.7 Å². The number of nitrogens with two attached hydrogens (primary N) is 1. The van der Waals surface area contributed by atoms with Gasteiger partial charge in [-0.05, 0) is 48.7 Å². The van der Waals surface area contributed by atoms with Gasteiger partial charge >= 0.3 is 0 Å². The van der Waals surface area contributed by atoms with E-state index in [0.29, 0.717) is 30.6 Å². The van der Waals surface area contributed by atoms with Gasteiger partial charge < -0.3 is 16.0 Å². The van der Waals surface area contributed by atoms with Gasteiger partial charge in [0, 0.05) is 47.7 Å². The molecule has 0 bridgehead atoms. The predicted octanol–water partition coefficient (Wildman–Crippen LogP) is 3.85. The molecule has 0 atom stereocenters. The van der Waals surface area contributed by atoms with E-state index in [9.17, 15) is 9.59 Å². The molecule has 0 aliphatic carbocycles. The Balaban J connectivity index is 1.32. The summed E-state index contributed by atoms with van der Waals surface area (Å²) in [6, 6.07) is 15.1. The Kier molecular flexibility index (Phi) is 6.26. The van der Waals surface area contributed by atoms with Gasteiger partial charge in [-0.3, -0.25) is 9.59 Å². The van der Waals surface area contributed by atoms with Crippen LogP contribution in [0.15, 0.2) is 54.7 Å². The van der Waals surface area contributed by atoms with Crippen molar-refractivity contribution < 1.29 is 9.59 Å². The number of amides is 1. The van der Waals surface area contributed by atoms with E-state index in [4.69, 9.17) is 5.73 Å². The molecule has 0 saturated carbocycles. The van der Waals surface area contributed by atoms with Gasteiger partial charge in [0.25, 0.3) is 5.91 Å². The van der Waals surface area contributed by atoms with E-state index in [2.05, 4.69) is 10.3 Å².